The van der Waals surface area contributed by atoms with E-state index in [2.05, 4.69) is 15.6 Å². The van der Waals surface area contributed by atoms with Gasteiger partial charge < -0.3 is 10.6 Å². The SMILES string of the molecule is CCn1c(=O)n(CC)c2cc(NC(=O)N[C@H](C)c3nccs3)c(C)cc21. The Hall–Kier alpha value is -2.61. The van der Waals surface area contributed by atoms with Crippen LogP contribution in [0.1, 0.15) is 37.4 Å². The normalized spacial score (nSPS) is 12.3. The number of thiazole rings is 1. The average molecular weight is 373 g/mol. The van der Waals surface area contributed by atoms with E-state index >= 15 is 0 Å². The second-order valence-corrected chi connectivity index (χ2v) is 7.04. The largest absolute Gasteiger partial charge is 0.329 e. The number of carbonyl (C=O) groups is 1. The van der Waals surface area contributed by atoms with Gasteiger partial charge in [-0.05, 0) is 45.4 Å². The van der Waals surface area contributed by atoms with Crippen molar-refractivity contribution in [2.45, 2.75) is 46.8 Å². The Morgan fingerprint density at radius 3 is 2.46 bits per heavy atom. The molecule has 0 aliphatic heterocycles. The van der Waals surface area contributed by atoms with Gasteiger partial charge in [0, 0.05) is 30.4 Å². The Balaban J connectivity index is 1.89. The molecule has 2 N–H and O–H groups in total. The van der Waals surface area contributed by atoms with Gasteiger partial charge in [-0.15, -0.1) is 11.3 Å². The predicted octanol–water partition coefficient (Wildman–Crippen LogP) is 3.49. The third-order valence-electron chi connectivity index (χ3n) is 4.42. The zero-order chi connectivity index (χ0) is 18.8. The van der Waals surface area contributed by atoms with Crippen molar-refractivity contribution in [1.82, 2.24) is 19.4 Å². The lowest BCUT2D eigenvalue weighted by Gasteiger charge is -2.14. The highest BCUT2D eigenvalue weighted by Crippen LogP contribution is 2.24. The van der Waals surface area contributed by atoms with Gasteiger partial charge in [-0.25, -0.2) is 14.6 Å². The Morgan fingerprint density at radius 1 is 1.23 bits per heavy atom. The fourth-order valence-corrected chi connectivity index (χ4v) is 3.72. The summed E-state index contributed by atoms with van der Waals surface area (Å²) in [6, 6.07) is 3.35. The molecule has 8 heteroatoms. The molecular weight excluding hydrogens is 350 g/mol. The molecule has 0 saturated carbocycles. The Bertz CT molecular complexity index is 987. The summed E-state index contributed by atoms with van der Waals surface area (Å²) in [6.45, 7) is 8.90. The molecule has 0 unspecified atom stereocenters. The molecule has 3 aromatic rings. The lowest BCUT2D eigenvalue weighted by Crippen LogP contribution is -2.31. The van der Waals surface area contributed by atoms with E-state index in [1.54, 1.807) is 15.3 Å². The highest BCUT2D eigenvalue weighted by Gasteiger charge is 2.16. The molecule has 2 aromatic heterocycles. The van der Waals surface area contributed by atoms with E-state index in [1.165, 1.54) is 11.3 Å². The van der Waals surface area contributed by atoms with Crippen LogP contribution in [0.3, 0.4) is 0 Å². The van der Waals surface area contributed by atoms with Crippen LogP contribution in [0.5, 0.6) is 0 Å². The number of anilines is 1. The molecular formula is C18H23N5O2S. The maximum atomic E-state index is 12.5. The van der Waals surface area contributed by atoms with E-state index < -0.39 is 0 Å². The summed E-state index contributed by atoms with van der Waals surface area (Å²) < 4.78 is 3.47. The molecule has 1 atom stereocenters. The van der Waals surface area contributed by atoms with Crippen LogP contribution in [0, 0.1) is 6.92 Å². The quantitative estimate of drug-likeness (QED) is 0.718. The molecule has 0 saturated heterocycles. The summed E-state index contributed by atoms with van der Waals surface area (Å²) in [7, 11) is 0. The van der Waals surface area contributed by atoms with Gasteiger partial charge in [0.15, 0.2) is 0 Å². The van der Waals surface area contributed by atoms with Gasteiger partial charge in [0.05, 0.1) is 17.1 Å². The number of benzene rings is 1. The number of rotatable bonds is 5. The Labute approximate surface area is 155 Å². The standard InChI is InChI=1S/C18H23N5O2S/c1-5-22-14-9-11(3)13(10-15(14)23(6-2)18(22)25)21-17(24)20-12(4)16-19-7-8-26-16/h7-10,12H,5-6H2,1-4H3,(H2,20,21,24)/t12-/m1/s1. The molecule has 0 aliphatic carbocycles. The second kappa shape index (κ2) is 7.33. The van der Waals surface area contributed by atoms with Crippen LogP contribution in [-0.4, -0.2) is 20.1 Å². The van der Waals surface area contributed by atoms with Crippen LogP contribution < -0.4 is 16.3 Å². The van der Waals surface area contributed by atoms with Crippen molar-refractivity contribution in [3.63, 3.8) is 0 Å². The second-order valence-electron chi connectivity index (χ2n) is 6.12. The minimum Gasteiger partial charge on any atom is -0.329 e. The van der Waals surface area contributed by atoms with Crippen LogP contribution in [0.2, 0.25) is 0 Å². The number of aryl methyl sites for hydroxylation is 3. The number of amides is 2. The van der Waals surface area contributed by atoms with Crippen molar-refractivity contribution in [2.24, 2.45) is 0 Å². The first kappa shape index (κ1) is 18.2. The van der Waals surface area contributed by atoms with E-state index in [9.17, 15) is 9.59 Å². The van der Waals surface area contributed by atoms with Crippen LogP contribution >= 0.6 is 11.3 Å². The van der Waals surface area contributed by atoms with Crippen LogP contribution in [0.4, 0.5) is 10.5 Å². The van der Waals surface area contributed by atoms with E-state index in [1.807, 2.05) is 45.2 Å². The molecule has 7 nitrogen and oxygen atoms in total. The van der Waals surface area contributed by atoms with Crippen molar-refractivity contribution in [1.29, 1.82) is 0 Å². The Kier molecular flexibility index (Phi) is 5.13. The summed E-state index contributed by atoms with van der Waals surface area (Å²) in [6.07, 6.45) is 1.72. The fraction of sp³-hybridized carbons (Fsp3) is 0.389. The molecule has 3 rings (SSSR count). The van der Waals surface area contributed by atoms with Gasteiger partial charge in [0.1, 0.15) is 5.01 Å². The molecule has 0 aliphatic rings. The molecule has 26 heavy (non-hydrogen) atoms. The maximum Gasteiger partial charge on any atom is 0.329 e. The lowest BCUT2D eigenvalue weighted by atomic mass is 10.1. The van der Waals surface area contributed by atoms with Gasteiger partial charge in [-0.3, -0.25) is 9.13 Å². The number of aromatic nitrogens is 3. The molecule has 1 aromatic carbocycles. The first-order valence-corrected chi connectivity index (χ1v) is 9.54. The van der Waals surface area contributed by atoms with Gasteiger partial charge in [-0.1, -0.05) is 0 Å². The van der Waals surface area contributed by atoms with Crippen LogP contribution in [-0.2, 0) is 13.1 Å². The lowest BCUT2D eigenvalue weighted by molar-refractivity contribution is 0.249. The number of fused-ring (bicyclic) bond motifs is 1. The first-order valence-electron chi connectivity index (χ1n) is 8.66. The van der Waals surface area contributed by atoms with Crippen molar-refractivity contribution in [3.8, 4) is 0 Å². The molecule has 138 valence electrons. The van der Waals surface area contributed by atoms with Crippen molar-refractivity contribution in [2.75, 3.05) is 5.32 Å². The topological polar surface area (TPSA) is 81.0 Å². The highest BCUT2D eigenvalue weighted by atomic mass is 32.1. The molecule has 0 fully saturated rings. The van der Waals surface area contributed by atoms with Crippen molar-refractivity contribution < 1.29 is 4.79 Å². The summed E-state index contributed by atoms with van der Waals surface area (Å²) in [4.78, 5) is 29.1. The maximum absolute atomic E-state index is 12.5. The number of hydrogen-bond donors (Lipinski definition) is 2. The summed E-state index contributed by atoms with van der Waals surface area (Å²) in [5, 5.41) is 8.52. The zero-order valence-electron chi connectivity index (χ0n) is 15.4. The van der Waals surface area contributed by atoms with E-state index in [0.29, 0.717) is 18.8 Å². The van der Waals surface area contributed by atoms with Crippen LogP contribution in [0.25, 0.3) is 11.0 Å². The van der Waals surface area contributed by atoms with E-state index in [-0.39, 0.29) is 17.8 Å². The molecule has 0 bridgehead atoms. The first-order chi connectivity index (χ1) is 12.5. The third kappa shape index (κ3) is 3.24. The fourth-order valence-electron chi connectivity index (χ4n) is 3.08. The van der Waals surface area contributed by atoms with E-state index in [4.69, 9.17) is 0 Å². The van der Waals surface area contributed by atoms with Crippen molar-refractivity contribution in [3.05, 3.63) is 44.8 Å². The smallest absolute Gasteiger partial charge is 0.329 e. The van der Waals surface area contributed by atoms with Crippen LogP contribution in [0.15, 0.2) is 28.5 Å². The zero-order valence-corrected chi connectivity index (χ0v) is 16.2. The van der Waals surface area contributed by atoms with Crippen molar-refractivity contribution >= 4 is 34.1 Å². The molecule has 2 amide bonds. The monoisotopic (exact) mass is 373 g/mol. The highest BCUT2D eigenvalue weighted by molar-refractivity contribution is 7.09. The average Bonchev–Trinajstić information content (AvgIpc) is 3.21. The predicted molar refractivity (Wildman–Crippen MR) is 105 cm³/mol. The minimum absolute atomic E-state index is 0.0246. The van der Waals surface area contributed by atoms with Gasteiger partial charge in [0.25, 0.3) is 0 Å². The number of imidazole rings is 1. The van der Waals surface area contributed by atoms with Gasteiger partial charge in [0.2, 0.25) is 0 Å². The molecule has 0 spiro atoms. The number of nitrogens with zero attached hydrogens (tertiary/aromatic N) is 3. The summed E-state index contributed by atoms with van der Waals surface area (Å²) in [5.41, 5.74) is 3.29. The number of carbonyl (C=O) groups excluding carboxylic acids is 1. The molecule has 2 heterocycles. The number of nitrogens with one attached hydrogen (secondary N) is 2. The Morgan fingerprint density at radius 2 is 1.88 bits per heavy atom. The third-order valence-corrected chi connectivity index (χ3v) is 5.37. The molecule has 0 radical (unpaired) electrons. The van der Waals surface area contributed by atoms with Gasteiger partial charge in [-0.2, -0.15) is 0 Å². The number of hydrogen-bond acceptors (Lipinski definition) is 4. The summed E-state index contributed by atoms with van der Waals surface area (Å²) in [5.74, 6) is 0. The minimum atomic E-state index is -0.296. The number of urea groups is 1. The van der Waals surface area contributed by atoms with E-state index in [0.717, 1.165) is 21.6 Å². The summed E-state index contributed by atoms with van der Waals surface area (Å²) >= 11 is 1.50. The van der Waals surface area contributed by atoms with Gasteiger partial charge >= 0.3 is 11.7 Å².